The molecule has 0 radical (unpaired) electrons. The highest BCUT2D eigenvalue weighted by atomic mass is 16.6. The number of likely N-dealkylation sites (N-methyl/N-ethyl adjacent to an activating group) is 1. The first-order chi connectivity index (χ1) is 7.66. The number of carbonyl (C=O) groups excluding carboxylic acids is 1. The normalized spacial score (nSPS) is 27.2. The molecule has 4 heteroatoms. The summed E-state index contributed by atoms with van der Waals surface area (Å²) in [6, 6.07) is 9.33. The number of carbonyl (C=O) groups is 1. The van der Waals surface area contributed by atoms with Gasteiger partial charge < -0.3 is 9.84 Å². The van der Waals surface area contributed by atoms with Gasteiger partial charge in [-0.1, -0.05) is 30.3 Å². The van der Waals surface area contributed by atoms with Gasteiger partial charge in [0.05, 0.1) is 6.54 Å². The van der Waals surface area contributed by atoms with Gasteiger partial charge in [-0.25, -0.2) is 0 Å². The minimum atomic E-state index is -0.682. The summed E-state index contributed by atoms with van der Waals surface area (Å²) in [6.07, 6.45) is -1.24. The molecule has 0 aromatic heterocycles. The maximum absolute atomic E-state index is 11.4. The molecule has 1 aromatic carbocycles. The van der Waals surface area contributed by atoms with Crippen LogP contribution in [0.4, 0.5) is 0 Å². The summed E-state index contributed by atoms with van der Waals surface area (Å²) in [5.41, 5.74) is 0.832. The van der Waals surface area contributed by atoms with Crippen molar-refractivity contribution in [3.05, 3.63) is 35.9 Å². The zero-order chi connectivity index (χ0) is 11.5. The van der Waals surface area contributed by atoms with E-state index in [1.807, 2.05) is 30.3 Å². The monoisotopic (exact) mass is 221 g/mol. The summed E-state index contributed by atoms with van der Waals surface area (Å²) in [5.74, 6) is -0.298. The lowest BCUT2D eigenvalue weighted by Gasteiger charge is -2.21. The third-order valence-electron chi connectivity index (χ3n) is 2.63. The molecule has 86 valence electrons. The van der Waals surface area contributed by atoms with Crippen LogP contribution in [0.2, 0.25) is 0 Å². The molecule has 0 bridgehead atoms. The number of ether oxygens (including phenoxy) is 1. The molecule has 4 nitrogen and oxygen atoms in total. The number of cyclic esters (lactones) is 1. The summed E-state index contributed by atoms with van der Waals surface area (Å²) in [7, 11) is 1.79. The fourth-order valence-electron chi connectivity index (χ4n) is 1.89. The molecule has 1 aromatic rings. The molecule has 1 heterocycles. The van der Waals surface area contributed by atoms with Crippen LogP contribution in [0.15, 0.2) is 30.3 Å². The molecule has 2 atom stereocenters. The topological polar surface area (TPSA) is 49.8 Å². The predicted molar refractivity (Wildman–Crippen MR) is 58.8 cm³/mol. The number of β-amino-alcohol motifs (C(OH)–C–C–N with tert-alkyl or cyclic N) is 1. The van der Waals surface area contributed by atoms with Crippen LogP contribution in [-0.2, 0) is 9.53 Å². The number of hydrogen-bond donors (Lipinski definition) is 1. The van der Waals surface area contributed by atoms with Crippen molar-refractivity contribution in [1.82, 2.24) is 4.90 Å². The smallest absolute Gasteiger partial charge is 0.320 e. The number of aliphatic hydroxyl groups excluding tert-OH is 1. The van der Waals surface area contributed by atoms with Crippen molar-refractivity contribution in [2.45, 2.75) is 12.2 Å². The Hall–Kier alpha value is -1.39. The second-order valence-corrected chi connectivity index (χ2v) is 4.09. The Bertz CT molecular complexity index is 366. The SMILES string of the molecule is CN1CC(=O)OC(c2ccccc2)C(O)C1. The number of aliphatic hydroxyl groups is 1. The second kappa shape index (κ2) is 4.63. The molecule has 1 N–H and O–H groups in total. The van der Waals surface area contributed by atoms with Crippen molar-refractivity contribution in [3.8, 4) is 0 Å². The average molecular weight is 221 g/mol. The van der Waals surface area contributed by atoms with Crippen molar-refractivity contribution < 1.29 is 14.6 Å². The van der Waals surface area contributed by atoms with Crippen LogP contribution in [0.3, 0.4) is 0 Å². The summed E-state index contributed by atoms with van der Waals surface area (Å²) in [5, 5.41) is 9.97. The van der Waals surface area contributed by atoms with E-state index in [4.69, 9.17) is 4.74 Å². The predicted octanol–water partition coefficient (Wildman–Crippen LogP) is 0.577. The molecule has 0 aliphatic carbocycles. The molecular weight excluding hydrogens is 206 g/mol. The fourth-order valence-corrected chi connectivity index (χ4v) is 1.89. The quantitative estimate of drug-likeness (QED) is 0.705. The largest absolute Gasteiger partial charge is 0.454 e. The first kappa shape index (κ1) is 11.1. The molecular formula is C12H15NO3. The van der Waals surface area contributed by atoms with Gasteiger partial charge in [-0.2, -0.15) is 0 Å². The molecule has 1 aliphatic heterocycles. The van der Waals surface area contributed by atoms with Gasteiger partial charge in [0.1, 0.15) is 6.10 Å². The minimum Gasteiger partial charge on any atom is -0.454 e. The van der Waals surface area contributed by atoms with E-state index in [0.29, 0.717) is 6.54 Å². The maximum atomic E-state index is 11.4. The van der Waals surface area contributed by atoms with Crippen molar-refractivity contribution in [1.29, 1.82) is 0 Å². The van der Waals surface area contributed by atoms with Crippen LogP contribution in [0.25, 0.3) is 0 Å². The lowest BCUT2D eigenvalue weighted by molar-refractivity contribution is -0.151. The number of benzene rings is 1. The first-order valence-electron chi connectivity index (χ1n) is 5.28. The van der Waals surface area contributed by atoms with E-state index >= 15 is 0 Å². The Labute approximate surface area is 94.4 Å². The van der Waals surface area contributed by atoms with E-state index in [9.17, 15) is 9.90 Å². The maximum Gasteiger partial charge on any atom is 0.320 e. The van der Waals surface area contributed by atoms with E-state index in [-0.39, 0.29) is 12.5 Å². The van der Waals surface area contributed by atoms with Gasteiger partial charge in [-0.15, -0.1) is 0 Å². The number of rotatable bonds is 1. The summed E-state index contributed by atoms with van der Waals surface area (Å²) < 4.78 is 5.25. The van der Waals surface area contributed by atoms with E-state index < -0.39 is 12.2 Å². The van der Waals surface area contributed by atoms with Gasteiger partial charge in [-0.05, 0) is 12.6 Å². The molecule has 2 unspecified atom stereocenters. The van der Waals surface area contributed by atoms with Crippen molar-refractivity contribution in [2.75, 3.05) is 20.1 Å². The minimum absolute atomic E-state index is 0.223. The fraction of sp³-hybridized carbons (Fsp3) is 0.417. The molecule has 0 amide bonds. The van der Waals surface area contributed by atoms with Crippen LogP contribution in [0.1, 0.15) is 11.7 Å². The molecule has 0 spiro atoms. The third kappa shape index (κ3) is 2.40. The first-order valence-corrected chi connectivity index (χ1v) is 5.28. The number of nitrogens with zero attached hydrogens (tertiary/aromatic N) is 1. The van der Waals surface area contributed by atoms with E-state index in [2.05, 4.69) is 0 Å². The summed E-state index contributed by atoms with van der Waals surface area (Å²) in [4.78, 5) is 13.2. The van der Waals surface area contributed by atoms with Crippen LogP contribution in [0, 0.1) is 0 Å². The third-order valence-corrected chi connectivity index (χ3v) is 2.63. The number of hydrogen-bond acceptors (Lipinski definition) is 4. The summed E-state index contributed by atoms with van der Waals surface area (Å²) >= 11 is 0. The number of esters is 1. The molecule has 2 rings (SSSR count). The Morgan fingerprint density at radius 2 is 2.06 bits per heavy atom. The van der Waals surface area contributed by atoms with Crippen LogP contribution >= 0.6 is 0 Å². The second-order valence-electron chi connectivity index (χ2n) is 4.09. The Kier molecular flexibility index (Phi) is 3.22. The van der Waals surface area contributed by atoms with Crippen molar-refractivity contribution >= 4 is 5.97 Å². The lowest BCUT2D eigenvalue weighted by atomic mass is 10.0. The van der Waals surface area contributed by atoms with Crippen LogP contribution in [-0.4, -0.2) is 42.2 Å². The molecule has 1 saturated heterocycles. The highest BCUT2D eigenvalue weighted by molar-refractivity contribution is 5.72. The standard InChI is InChI=1S/C12H15NO3/c1-13-7-10(14)12(16-11(15)8-13)9-5-3-2-4-6-9/h2-6,10,12,14H,7-8H2,1H3. The van der Waals surface area contributed by atoms with E-state index in [0.717, 1.165) is 5.56 Å². The zero-order valence-corrected chi connectivity index (χ0v) is 9.17. The van der Waals surface area contributed by atoms with Crippen molar-refractivity contribution in [3.63, 3.8) is 0 Å². The van der Waals surface area contributed by atoms with Gasteiger partial charge in [0, 0.05) is 6.54 Å². The van der Waals surface area contributed by atoms with E-state index in [1.165, 1.54) is 0 Å². The summed E-state index contributed by atoms with van der Waals surface area (Å²) in [6.45, 7) is 0.658. The Morgan fingerprint density at radius 1 is 1.38 bits per heavy atom. The Morgan fingerprint density at radius 3 is 2.75 bits per heavy atom. The van der Waals surface area contributed by atoms with Gasteiger partial charge in [0.25, 0.3) is 0 Å². The highest BCUT2D eigenvalue weighted by Gasteiger charge is 2.30. The van der Waals surface area contributed by atoms with Crippen LogP contribution in [0.5, 0.6) is 0 Å². The molecule has 1 fully saturated rings. The van der Waals surface area contributed by atoms with E-state index in [1.54, 1.807) is 11.9 Å². The highest BCUT2D eigenvalue weighted by Crippen LogP contribution is 2.24. The van der Waals surface area contributed by atoms with Gasteiger partial charge >= 0.3 is 5.97 Å². The van der Waals surface area contributed by atoms with Gasteiger partial charge in [0.2, 0.25) is 0 Å². The lowest BCUT2D eigenvalue weighted by Crippen LogP contribution is -2.30. The van der Waals surface area contributed by atoms with Gasteiger partial charge in [-0.3, -0.25) is 9.69 Å². The molecule has 1 aliphatic rings. The van der Waals surface area contributed by atoms with Crippen molar-refractivity contribution in [2.24, 2.45) is 0 Å². The molecule has 16 heavy (non-hydrogen) atoms. The van der Waals surface area contributed by atoms with Gasteiger partial charge in [0.15, 0.2) is 6.10 Å². The average Bonchev–Trinajstić information content (AvgIpc) is 2.38. The zero-order valence-electron chi connectivity index (χ0n) is 9.17. The molecule has 0 saturated carbocycles. The van der Waals surface area contributed by atoms with Crippen LogP contribution < -0.4 is 0 Å². The Balaban J connectivity index is 2.22.